The fourth-order valence-corrected chi connectivity index (χ4v) is 3.18. The first kappa shape index (κ1) is 11.9. The van der Waals surface area contributed by atoms with E-state index in [1.165, 1.54) is 0 Å². The van der Waals surface area contributed by atoms with Crippen molar-refractivity contribution in [2.24, 2.45) is 0 Å². The summed E-state index contributed by atoms with van der Waals surface area (Å²) in [5.41, 5.74) is 0.219. The average Bonchev–Trinajstić information content (AvgIpc) is 2.26. The van der Waals surface area contributed by atoms with Gasteiger partial charge in [0.05, 0.1) is 3.57 Å². The van der Waals surface area contributed by atoms with E-state index in [0.29, 0.717) is 11.1 Å². The smallest absolute Gasteiger partial charge is 0.340 e. The fraction of sp³-hybridized carbons (Fsp3) is 0. The van der Waals surface area contributed by atoms with Gasteiger partial charge in [-0.1, -0.05) is 24.3 Å². The Balaban J connectivity index is 2.93. The first-order valence-corrected chi connectivity index (χ1v) is 6.34. The number of halogens is 2. The first-order valence-electron chi connectivity index (χ1n) is 4.38. The number of hydrogen-bond donors (Lipinski definition) is 1. The third kappa shape index (κ3) is 1.97. The number of rotatable bonds is 2. The second-order valence-corrected chi connectivity index (χ2v) is 4.77. The topological polar surface area (TPSA) is 46.5 Å². The van der Waals surface area contributed by atoms with Crippen LogP contribution in [0.5, 0.6) is 5.75 Å². The van der Waals surface area contributed by atoms with E-state index in [2.05, 4.69) is 22.6 Å². The van der Waals surface area contributed by atoms with Crippen LogP contribution >= 0.6 is 45.6 Å². The standard InChI is InChI=1S/C11H6I2O3/c12-8-5-6-3-1-2-4-7(6)9(11(14)15)10(8)16-13/h1-5H,(H,14,15). The number of carbonyl (C=O) groups is 1. The quantitative estimate of drug-likeness (QED) is 0.722. The molecule has 0 bridgehead atoms. The highest BCUT2D eigenvalue weighted by Crippen LogP contribution is 2.34. The maximum atomic E-state index is 11.3. The highest BCUT2D eigenvalue weighted by molar-refractivity contribution is 14.1. The SMILES string of the molecule is O=C(O)c1c(OI)c(I)cc2ccccc12. The zero-order valence-corrected chi connectivity index (χ0v) is 12.2. The van der Waals surface area contributed by atoms with Gasteiger partial charge in [-0.2, -0.15) is 0 Å². The highest BCUT2D eigenvalue weighted by atomic mass is 127. The van der Waals surface area contributed by atoms with E-state index in [9.17, 15) is 9.90 Å². The molecule has 0 saturated carbocycles. The Hall–Kier alpha value is -0.570. The van der Waals surface area contributed by atoms with Crippen molar-refractivity contribution in [1.29, 1.82) is 0 Å². The molecule has 0 fully saturated rings. The number of carboxylic acid groups (broad SMARTS) is 1. The Bertz CT molecular complexity index is 566. The van der Waals surface area contributed by atoms with Crippen molar-refractivity contribution >= 4 is 62.3 Å². The van der Waals surface area contributed by atoms with Gasteiger partial charge in [0.2, 0.25) is 0 Å². The van der Waals surface area contributed by atoms with E-state index >= 15 is 0 Å². The monoisotopic (exact) mass is 440 g/mol. The van der Waals surface area contributed by atoms with Crippen LogP contribution in [0.1, 0.15) is 10.4 Å². The predicted octanol–water partition coefficient (Wildman–Crippen LogP) is 3.87. The molecule has 3 nitrogen and oxygen atoms in total. The molecule has 16 heavy (non-hydrogen) atoms. The Labute approximate surface area is 120 Å². The van der Waals surface area contributed by atoms with Gasteiger partial charge >= 0.3 is 5.97 Å². The van der Waals surface area contributed by atoms with Crippen molar-refractivity contribution in [2.45, 2.75) is 0 Å². The van der Waals surface area contributed by atoms with E-state index in [0.717, 1.165) is 8.96 Å². The fourth-order valence-electron chi connectivity index (χ4n) is 1.58. The summed E-state index contributed by atoms with van der Waals surface area (Å²) in [5.74, 6) is -0.561. The molecule has 0 aliphatic rings. The summed E-state index contributed by atoms with van der Waals surface area (Å²) in [6, 6.07) is 9.29. The molecule has 2 rings (SSSR count). The number of fused-ring (bicyclic) bond motifs is 1. The average molecular weight is 440 g/mol. The van der Waals surface area contributed by atoms with E-state index in [-0.39, 0.29) is 5.56 Å². The maximum absolute atomic E-state index is 11.3. The van der Waals surface area contributed by atoms with E-state index < -0.39 is 5.97 Å². The lowest BCUT2D eigenvalue weighted by Gasteiger charge is -2.09. The summed E-state index contributed by atoms with van der Waals surface area (Å²) in [4.78, 5) is 11.3. The first-order chi connectivity index (χ1) is 7.65. The lowest BCUT2D eigenvalue weighted by Crippen LogP contribution is -2.01. The molecule has 0 radical (unpaired) electrons. The van der Waals surface area contributed by atoms with Gasteiger partial charge in [0.1, 0.15) is 5.56 Å². The van der Waals surface area contributed by atoms with Crippen molar-refractivity contribution in [3.8, 4) is 5.75 Å². The molecule has 0 saturated heterocycles. The molecule has 0 aliphatic heterocycles. The Kier molecular flexibility index (Phi) is 3.53. The largest absolute Gasteiger partial charge is 0.478 e. The minimum absolute atomic E-state index is 0.219. The van der Waals surface area contributed by atoms with Gasteiger partial charge in [-0.25, -0.2) is 4.79 Å². The Morgan fingerprint density at radius 1 is 1.31 bits per heavy atom. The van der Waals surface area contributed by atoms with Crippen molar-refractivity contribution in [2.75, 3.05) is 0 Å². The van der Waals surface area contributed by atoms with Gasteiger partial charge in [0, 0.05) is 5.39 Å². The van der Waals surface area contributed by atoms with Gasteiger partial charge in [-0.05, 0) is 34.0 Å². The van der Waals surface area contributed by atoms with Crippen LogP contribution in [-0.4, -0.2) is 11.1 Å². The predicted molar refractivity (Wildman–Crippen MR) is 78.3 cm³/mol. The van der Waals surface area contributed by atoms with Crippen molar-refractivity contribution in [3.05, 3.63) is 39.5 Å². The van der Waals surface area contributed by atoms with Crippen molar-refractivity contribution in [3.63, 3.8) is 0 Å². The highest BCUT2D eigenvalue weighted by Gasteiger charge is 2.18. The van der Waals surface area contributed by atoms with Crippen LogP contribution in [0.15, 0.2) is 30.3 Å². The molecular formula is C11H6I2O3. The molecule has 2 aromatic carbocycles. The number of aromatic carboxylic acids is 1. The van der Waals surface area contributed by atoms with Crippen LogP contribution in [0.2, 0.25) is 0 Å². The van der Waals surface area contributed by atoms with Crippen LogP contribution in [0.25, 0.3) is 10.8 Å². The lowest BCUT2D eigenvalue weighted by molar-refractivity contribution is 0.0697. The number of benzene rings is 2. The summed E-state index contributed by atoms with van der Waals surface area (Å²) in [7, 11) is 0. The molecule has 0 atom stereocenters. The molecule has 5 heteroatoms. The molecular weight excluding hydrogens is 434 g/mol. The van der Waals surface area contributed by atoms with Gasteiger partial charge in [-0.3, -0.25) is 0 Å². The van der Waals surface area contributed by atoms with Crippen LogP contribution < -0.4 is 3.07 Å². The maximum Gasteiger partial charge on any atom is 0.340 e. The minimum atomic E-state index is -0.971. The molecule has 82 valence electrons. The molecule has 1 N–H and O–H groups in total. The van der Waals surface area contributed by atoms with Gasteiger partial charge in [0.25, 0.3) is 0 Å². The van der Waals surface area contributed by atoms with Crippen molar-refractivity contribution < 1.29 is 13.0 Å². The summed E-state index contributed by atoms with van der Waals surface area (Å²) in [6.45, 7) is 0. The molecule has 0 spiro atoms. The van der Waals surface area contributed by atoms with Gasteiger partial charge in [-0.15, -0.1) is 0 Å². The zero-order valence-electron chi connectivity index (χ0n) is 7.91. The molecule has 0 aliphatic carbocycles. The zero-order chi connectivity index (χ0) is 11.7. The van der Waals surface area contributed by atoms with E-state index in [1.54, 1.807) is 29.1 Å². The molecule has 0 aromatic heterocycles. The van der Waals surface area contributed by atoms with Gasteiger partial charge < -0.3 is 8.17 Å². The van der Waals surface area contributed by atoms with Gasteiger partial charge in [0.15, 0.2) is 28.8 Å². The van der Waals surface area contributed by atoms with Crippen LogP contribution in [0.4, 0.5) is 0 Å². The third-order valence-corrected chi connectivity index (χ3v) is 3.49. The van der Waals surface area contributed by atoms with Crippen molar-refractivity contribution in [1.82, 2.24) is 0 Å². The lowest BCUT2D eigenvalue weighted by atomic mass is 10.0. The molecule has 0 unspecified atom stereocenters. The molecule has 0 heterocycles. The second-order valence-electron chi connectivity index (χ2n) is 3.17. The normalized spacial score (nSPS) is 10.4. The van der Waals surface area contributed by atoms with Crippen LogP contribution in [0, 0.1) is 3.57 Å². The molecule has 0 amide bonds. The number of carboxylic acids is 1. The molecule has 2 aromatic rings. The van der Waals surface area contributed by atoms with Crippen LogP contribution in [-0.2, 0) is 0 Å². The summed E-state index contributed by atoms with van der Waals surface area (Å²) >= 11 is 3.78. The second kappa shape index (κ2) is 4.74. The Morgan fingerprint density at radius 2 is 2.00 bits per heavy atom. The summed E-state index contributed by atoms with van der Waals surface area (Å²) < 4.78 is 5.92. The minimum Gasteiger partial charge on any atom is -0.478 e. The Morgan fingerprint density at radius 3 is 2.62 bits per heavy atom. The van der Waals surface area contributed by atoms with Crippen LogP contribution in [0.3, 0.4) is 0 Å². The third-order valence-electron chi connectivity index (χ3n) is 2.25. The number of hydrogen-bond acceptors (Lipinski definition) is 2. The van der Waals surface area contributed by atoms with E-state index in [1.807, 2.05) is 24.3 Å². The summed E-state index contributed by atoms with van der Waals surface area (Å²) in [5, 5.41) is 10.8. The summed E-state index contributed by atoms with van der Waals surface area (Å²) in [6.07, 6.45) is 0. The van der Waals surface area contributed by atoms with E-state index in [4.69, 9.17) is 3.07 Å².